The van der Waals surface area contributed by atoms with Gasteiger partial charge in [-0.25, -0.2) is 0 Å². The summed E-state index contributed by atoms with van der Waals surface area (Å²) in [6.07, 6.45) is 6.08. The minimum absolute atomic E-state index is 0.412. The zero-order valence-corrected chi connectivity index (χ0v) is 6.73. The third kappa shape index (κ3) is 1.95. The summed E-state index contributed by atoms with van der Waals surface area (Å²) in [7, 11) is 0. The number of hydrogen-bond acceptors (Lipinski definition) is 3. The predicted octanol–water partition coefficient (Wildman–Crippen LogP) is 0.564. The van der Waals surface area contributed by atoms with Gasteiger partial charge < -0.3 is 10.5 Å². The summed E-state index contributed by atoms with van der Waals surface area (Å²) in [5.41, 5.74) is 5.09. The van der Waals surface area contributed by atoms with E-state index in [1.54, 1.807) is 19.2 Å². The van der Waals surface area contributed by atoms with Gasteiger partial charge in [0, 0.05) is 6.21 Å². The summed E-state index contributed by atoms with van der Waals surface area (Å²) in [6.45, 7) is 1.68. The first-order valence-corrected chi connectivity index (χ1v) is 3.56. The van der Waals surface area contributed by atoms with E-state index >= 15 is 0 Å². The van der Waals surface area contributed by atoms with E-state index in [9.17, 15) is 4.79 Å². The molecule has 0 radical (unpaired) electrons. The summed E-state index contributed by atoms with van der Waals surface area (Å²) in [5, 5.41) is 0. The normalized spacial score (nSPS) is 17.6. The van der Waals surface area contributed by atoms with Gasteiger partial charge in [-0.3, -0.25) is 9.79 Å². The van der Waals surface area contributed by atoms with Crippen molar-refractivity contribution in [2.24, 2.45) is 16.6 Å². The molecule has 4 heteroatoms. The van der Waals surface area contributed by atoms with Crippen LogP contribution in [-0.4, -0.2) is 12.1 Å². The van der Waals surface area contributed by atoms with Crippen LogP contribution >= 0.6 is 0 Å². The fourth-order valence-corrected chi connectivity index (χ4v) is 0.736. The van der Waals surface area contributed by atoms with E-state index < -0.39 is 11.8 Å². The van der Waals surface area contributed by atoms with Crippen molar-refractivity contribution in [2.75, 3.05) is 0 Å². The number of nitrogens with two attached hydrogens (primary N) is 1. The first-order chi connectivity index (χ1) is 5.72. The largest absolute Gasteiger partial charge is 0.467 e. The molecule has 1 aliphatic heterocycles. The summed E-state index contributed by atoms with van der Waals surface area (Å²) < 4.78 is 5.08. The number of rotatable bonds is 2. The van der Waals surface area contributed by atoms with E-state index in [1.807, 2.05) is 0 Å². The second kappa shape index (κ2) is 3.71. The van der Waals surface area contributed by atoms with Crippen LogP contribution in [-0.2, 0) is 9.53 Å². The zero-order chi connectivity index (χ0) is 8.97. The number of hydrogen-bond donors (Lipinski definition) is 1. The molecule has 0 spiro atoms. The lowest BCUT2D eigenvalue weighted by Crippen LogP contribution is -2.22. The molecular formula is C8H10N2O2. The van der Waals surface area contributed by atoms with E-state index in [2.05, 4.69) is 4.99 Å². The van der Waals surface area contributed by atoms with Crippen molar-refractivity contribution in [3.8, 4) is 0 Å². The lowest BCUT2D eigenvalue weighted by Gasteiger charge is -2.09. The van der Waals surface area contributed by atoms with Gasteiger partial charge in [0.15, 0.2) is 0 Å². The van der Waals surface area contributed by atoms with E-state index in [4.69, 9.17) is 10.5 Å². The lowest BCUT2D eigenvalue weighted by atomic mass is 10.1. The first kappa shape index (κ1) is 8.52. The summed E-state index contributed by atoms with van der Waals surface area (Å²) in [6, 6.07) is 0. The zero-order valence-electron chi connectivity index (χ0n) is 6.73. The number of nitrogens with zero attached hydrogens (tertiary/aromatic N) is 1. The van der Waals surface area contributed by atoms with Gasteiger partial charge in [0.05, 0.1) is 12.1 Å². The van der Waals surface area contributed by atoms with Crippen LogP contribution in [0.1, 0.15) is 6.92 Å². The molecule has 1 aliphatic rings. The quantitative estimate of drug-likeness (QED) is 0.651. The number of allylic oxidation sites excluding steroid dienone is 1. The average molecular weight is 166 g/mol. The smallest absolute Gasteiger partial charge is 0.227 e. The van der Waals surface area contributed by atoms with Crippen LogP contribution in [0.3, 0.4) is 0 Å². The molecule has 0 fully saturated rings. The number of primary amides is 1. The van der Waals surface area contributed by atoms with Gasteiger partial charge in [-0.1, -0.05) is 0 Å². The van der Waals surface area contributed by atoms with Crippen molar-refractivity contribution < 1.29 is 9.53 Å². The number of carbonyl (C=O) groups excluding carboxylic acids is 1. The van der Waals surface area contributed by atoms with Crippen molar-refractivity contribution in [3.05, 3.63) is 24.3 Å². The molecule has 0 aromatic carbocycles. The van der Waals surface area contributed by atoms with Crippen LogP contribution in [0, 0.1) is 5.92 Å². The minimum Gasteiger partial charge on any atom is -0.467 e. The second-order valence-corrected chi connectivity index (χ2v) is 2.39. The minimum atomic E-state index is -0.417. The van der Waals surface area contributed by atoms with E-state index in [-0.39, 0.29) is 0 Å². The molecule has 2 N–H and O–H groups in total. The summed E-state index contributed by atoms with van der Waals surface area (Å²) in [5.74, 6) is -0.316. The summed E-state index contributed by atoms with van der Waals surface area (Å²) >= 11 is 0. The van der Waals surface area contributed by atoms with Gasteiger partial charge in [-0.2, -0.15) is 0 Å². The Labute approximate surface area is 70.4 Å². The number of ether oxygens (including phenoxy) is 1. The fraction of sp³-hybridized carbons (Fsp3) is 0.250. The van der Waals surface area contributed by atoms with Crippen molar-refractivity contribution in [1.29, 1.82) is 0 Å². The number of carbonyl (C=O) groups is 1. The molecule has 0 aliphatic carbocycles. The topological polar surface area (TPSA) is 64.7 Å². The molecule has 0 saturated heterocycles. The maximum atomic E-state index is 10.7. The van der Waals surface area contributed by atoms with Gasteiger partial charge >= 0.3 is 0 Å². The monoisotopic (exact) mass is 166 g/mol. The molecular weight excluding hydrogens is 156 g/mol. The van der Waals surface area contributed by atoms with Crippen LogP contribution in [0.2, 0.25) is 0 Å². The summed E-state index contributed by atoms with van der Waals surface area (Å²) in [4.78, 5) is 14.5. The van der Waals surface area contributed by atoms with Gasteiger partial charge in [0.25, 0.3) is 0 Å². The Morgan fingerprint density at radius 2 is 2.50 bits per heavy atom. The Bertz CT molecular complexity index is 266. The maximum Gasteiger partial charge on any atom is 0.227 e. The molecule has 0 bridgehead atoms. The SMILES string of the molecule is CC(C(N)=O)C1=CC=NC=CO1. The molecule has 1 atom stereocenters. The highest BCUT2D eigenvalue weighted by Crippen LogP contribution is 2.12. The van der Waals surface area contributed by atoms with Gasteiger partial charge in [0.1, 0.15) is 12.0 Å². The third-order valence-corrected chi connectivity index (χ3v) is 1.53. The lowest BCUT2D eigenvalue weighted by molar-refractivity contribution is -0.121. The number of aliphatic imine (C=N–C) groups is 1. The Hall–Kier alpha value is -1.58. The van der Waals surface area contributed by atoms with Gasteiger partial charge in [-0.05, 0) is 13.0 Å². The van der Waals surface area contributed by atoms with Crippen molar-refractivity contribution in [2.45, 2.75) is 6.92 Å². The maximum absolute atomic E-state index is 10.7. The van der Waals surface area contributed by atoms with Crippen LogP contribution in [0.15, 0.2) is 29.3 Å². The molecule has 4 nitrogen and oxygen atoms in total. The molecule has 0 saturated carbocycles. The van der Waals surface area contributed by atoms with Crippen LogP contribution < -0.4 is 5.73 Å². The highest BCUT2D eigenvalue weighted by molar-refractivity contribution is 5.81. The molecule has 1 rings (SSSR count). The third-order valence-electron chi connectivity index (χ3n) is 1.53. The molecule has 0 aromatic rings. The fourth-order valence-electron chi connectivity index (χ4n) is 0.736. The molecule has 1 heterocycles. The Kier molecular flexibility index (Phi) is 2.63. The average Bonchev–Trinajstić information content (AvgIpc) is 2.30. The van der Waals surface area contributed by atoms with Crippen LogP contribution in [0.4, 0.5) is 0 Å². The Morgan fingerprint density at radius 3 is 3.17 bits per heavy atom. The molecule has 64 valence electrons. The Morgan fingerprint density at radius 1 is 1.75 bits per heavy atom. The second-order valence-electron chi connectivity index (χ2n) is 2.39. The van der Waals surface area contributed by atoms with E-state index in [0.717, 1.165) is 0 Å². The van der Waals surface area contributed by atoms with Gasteiger partial charge in [0.2, 0.25) is 5.91 Å². The molecule has 0 aromatic heterocycles. The standard InChI is InChI=1S/C8H10N2O2/c1-6(8(9)11)7-2-3-10-4-5-12-7/h2-6H,1H3,(H2,9,11). The predicted molar refractivity (Wildman–Crippen MR) is 45.2 cm³/mol. The van der Waals surface area contributed by atoms with Crippen molar-refractivity contribution in [3.63, 3.8) is 0 Å². The first-order valence-electron chi connectivity index (χ1n) is 3.56. The molecule has 1 amide bonds. The van der Waals surface area contributed by atoms with E-state index in [1.165, 1.54) is 12.5 Å². The number of amides is 1. The van der Waals surface area contributed by atoms with Gasteiger partial charge in [-0.15, -0.1) is 0 Å². The van der Waals surface area contributed by atoms with Crippen molar-refractivity contribution >= 4 is 12.1 Å². The molecule has 1 unspecified atom stereocenters. The van der Waals surface area contributed by atoms with Crippen molar-refractivity contribution in [1.82, 2.24) is 0 Å². The highest BCUT2D eigenvalue weighted by Gasteiger charge is 2.15. The Balaban J connectivity index is 2.74. The molecule has 12 heavy (non-hydrogen) atoms. The highest BCUT2D eigenvalue weighted by atomic mass is 16.5. The van der Waals surface area contributed by atoms with E-state index in [0.29, 0.717) is 5.76 Å². The van der Waals surface area contributed by atoms with Crippen LogP contribution in [0.5, 0.6) is 0 Å². The van der Waals surface area contributed by atoms with Crippen LogP contribution in [0.25, 0.3) is 0 Å².